The molecule has 0 bridgehead atoms. The smallest absolute Gasteiger partial charge is 0.311 e. The maximum atomic E-state index is 13.0. The largest absolute Gasteiger partial charge is 0.481 e. The summed E-state index contributed by atoms with van der Waals surface area (Å²) in [6.07, 6.45) is 6.58. The van der Waals surface area contributed by atoms with Crippen LogP contribution in [0.3, 0.4) is 0 Å². The van der Waals surface area contributed by atoms with E-state index < -0.39 is 11.5 Å². The lowest BCUT2D eigenvalue weighted by Gasteiger charge is -2.26. The van der Waals surface area contributed by atoms with Gasteiger partial charge in [-0.2, -0.15) is 4.98 Å². The van der Waals surface area contributed by atoms with Gasteiger partial charge < -0.3 is 19.4 Å². The molecule has 2 aromatic heterocycles. The third-order valence-corrected chi connectivity index (χ3v) is 5.20. The summed E-state index contributed by atoms with van der Waals surface area (Å²) in [4.78, 5) is 28.5. The fourth-order valence-electron chi connectivity index (χ4n) is 3.66. The third kappa shape index (κ3) is 3.00. The molecular formula is C18H21N3O5. The Hall–Kier alpha value is -2.64. The van der Waals surface area contributed by atoms with E-state index in [2.05, 4.69) is 15.5 Å². The first-order valence-corrected chi connectivity index (χ1v) is 8.94. The van der Waals surface area contributed by atoms with Crippen molar-refractivity contribution >= 4 is 11.9 Å². The molecule has 0 aliphatic heterocycles. The minimum absolute atomic E-state index is 0.160. The summed E-state index contributed by atoms with van der Waals surface area (Å²) in [6, 6.07) is 0. The number of nitrogens with zero attached hydrogens (tertiary/aromatic N) is 2. The molecular weight excluding hydrogens is 338 g/mol. The summed E-state index contributed by atoms with van der Waals surface area (Å²) in [6.45, 7) is 1.73. The molecule has 4 rings (SSSR count). The van der Waals surface area contributed by atoms with Gasteiger partial charge in [-0.1, -0.05) is 18.0 Å². The second-order valence-corrected chi connectivity index (χ2v) is 7.26. The van der Waals surface area contributed by atoms with Gasteiger partial charge in [0.2, 0.25) is 5.89 Å². The van der Waals surface area contributed by atoms with Crippen LogP contribution in [-0.4, -0.2) is 27.1 Å². The van der Waals surface area contributed by atoms with Gasteiger partial charge in [0.15, 0.2) is 5.82 Å². The number of nitrogens with one attached hydrogen (secondary N) is 1. The van der Waals surface area contributed by atoms with E-state index in [0.29, 0.717) is 23.2 Å². The standard InChI is InChI=1S/C18H21N3O5/c1-10-9-25-12(8-13(22)23)14(10)15(24)20-18(6-2-3-7-18)17-19-16(26-21-17)11-4-5-11/h9,11H,2-8H2,1H3,(H,20,24)(H,22,23). The topological polar surface area (TPSA) is 118 Å². The number of aliphatic carboxylic acids is 1. The number of rotatable bonds is 6. The van der Waals surface area contributed by atoms with Gasteiger partial charge in [-0.3, -0.25) is 9.59 Å². The van der Waals surface area contributed by atoms with E-state index in [0.717, 1.165) is 38.5 Å². The first-order valence-electron chi connectivity index (χ1n) is 8.94. The Morgan fingerprint density at radius 3 is 2.73 bits per heavy atom. The number of hydrogen-bond acceptors (Lipinski definition) is 6. The Bertz CT molecular complexity index is 843. The average Bonchev–Trinajstić information content (AvgIpc) is 2.98. The molecule has 2 aliphatic carbocycles. The van der Waals surface area contributed by atoms with Crippen LogP contribution < -0.4 is 5.32 Å². The van der Waals surface area contributed by atoms with E-state index >= 15 is 0 Å². The number of aryl methyl sites for hydroxylation is 1. The predicted molar refractivity (Wildman–Crippen MR) is 88.7 cm³/mol. The zero-order valence-electron chi connectivity index (χ0n) is 14.6. The molecule has 8 nitrogen and oxygen atoms in total. The van der Waals surface area contributed by atoms with E-state index in [1.807, 2.05) is 0 Å². The minimum Gasteiger partial charge on any atom is -0.481 e. The first kappa shape index (κ1) is 16.8. The van der Waals surface area contributed by atoms with Crippen LogP contribution in [0.4, 0.5) is 0 Å². The monoisotopic (exact) mass is 359 g/mol. The number of carboxylic acid groups (broad SMARTS) is 1. The van der Waals surface area contributed by atoms with Crippen LogP contribution in [-0.2, 0) is 16.8 Å². The number of aromatic nitrogens is 2. The van der Waals surface area contributed by atoms with Crippen LogP contribution in [0.2, 0.25) is 0 Å². The highest BCUT2D eigenvalue weighted by Crippen LogP contribution is 2.42. The molecule has 26 heavy (non-hydrogen) atoms. The molecule has 2 N–H and O–H groups in total. The minimum atomic E-state index is -1.05. The average molecular weight is 359 g/mol. The molecule has 2 heterocycles. The van der Waals surface area contributed by atoms with Crippen LogP contribution in [0, 0.1) is 6.92 Å². The molecule has 8 heteroatoms. The van der Waals surface area contributed by atoms with Gasteiger partial charge in [-0.05, 0) is 32.6 Å². The highest BCUT2D eigenvalue weighted by Gasteiger charge is 2.43. The lowest BCUT2D eigenvalue weighted by molar-refractivity contribution is -0.136. The third-order valence-electron chi connectivity index (χ3n) is 5.20. The van der Waals surface area contributed by atoms with Gasteiger partial charge >= 0.3 is 5.97 Å². The van der Waals surface area contributed by atoms with Gasteiger partial charge in [0.1, 0.15) is 17.7 Å². The van der Waals surface area contributed by atoms with Crippen LogP contribution in [0.15, 0.2) is 15.2 Å². The Morgan fingerprint density at radius 1 is 1.35 bits per heavy atom. The van der Waals surface area contributed by atoms with E-state index in [1.165, 1.54) is 6.26 Å². The van der Waals surface area contributed by atoms with Crippen molar-refractivity contribution in [1.29, 1.82) is 0 Å². The molecule has 2 aliphatic rings. The van der Waals surface area contributed by atoms with Gasteiger partial charge in [-0.25, -0.2) is 0 Å². The Kier molecular flexibility index (Phi) is 4.05. The van der Waals surface area contributed by atoms with Crippen molar-refractivity contribution in [3.63, 3.8) is 0 Å². The van der Waals surface area contributed by atoms with Gasteiger partial charge in [0.05, 0.1) is 11.8 Å². The second kappa shape index (κ2) is 6.26. The number of furan rings is 1. The zero-order chi connectivity index (χ0) is 18.3. The lowest BCUT2D eigenvalue weighted by Crippen LogP contribution is -2.45. The highest BCUT2D eigenvalue weighted by molar-refractivity contribution is 5.98. The van der Waals surface area contributed by atoms with E-state index in [1.54, 1.807) is 6.92 Å². The number of carbonyl (C=O) groups is 2. The first-order chi connectivity index (χ1) is 12.5. The number of amides is 1. The molecule has 2 saturated carbocycles. The molecule has 0 spiro atoms. The molecule has 0 aromatic carbocycles. The predicted octanol–water partition coefficient (Wildman–Crippen LogP) is 2.67. The van der Waals surface area contributed by atoms with Crippen LogP contribution in [0.5, 0.6) is 0 Å². The maximum absolute atomic E-state index is 13.0. The Balaban J connectivity index is 1.61. The van der Waals surface area contributed by atoms with Crippen molar-refractivity contribution < 1.29 is 23.6 Å². The molecule has 1 amide bonds. The Labute approximate surface area is 150 Å². The van der Waals surface area contributed by atoms with Crippen LogP contribution >= 0.6 is 0 Å². The summed E-state index contributed by atoms with van der Waals surface area (Å²) in [5.74, 6) is 0.275. The highest BCUT2D eigenvalue weighted by atomic mass is 16.5. The number of hydrogen-bond donors (Lipinski definition) is 2. The van der Waals surface area contributed by atoms with E-state index in [4.69, 9.17) is 14.0 Å². The summed E-state index contributed by atoms with van der Waals surface area (Å²) in [5, 5.41) is 16.2. The quantitative estimate of drug-likeness (QED) is 0.814. The van der Waals surface area contributed by atoms with Crippen LogP contribution in [0.1, 0.15) is 77.8 Å². The maximum Gasteiger partial charge on any atom is 0.311 e. The Morgan fingerprint density at radius 2 is 2.08 bits per heavy atom. The van der Waals surface area contributed by atoms with Gasteiger partial charge in [-0.15, -0.1) is 0 Å². The van der Waals surface area contributed by atoms with Crippen molar-refractivity contribution in [2.75, 3.05) is 0 Å². The summed E-state index contributed by atoms with van der Waals surface area (Å²) in [5.41, 5.74) is 0.223. The van der Waals surface area contributed by atoms with Crippen molar-refractivity contribution in [2.45, 2.75) is 63.3 Å². The van der Waals surface area contributed by atoms with Gasteiger partial charge in [0, 0.05) is 11.5 Å². The lowest BCUT2D eigenvalue weighted by atomic mass is 9.95. The normalized spacial score (nSPS) is 18.8. The molecule has 0 radical (unpaired) electrons. The molecule has 2 aromatic rings. The fourth-order valence-corrected chi connectivity index (χ4v) is 3.66. The molecule has 138 valence electrons. The van der Waals surface area contributed by atoms with E-state index in [-0.39, 0.29) is 23.7 Å². The molecule has 2 fully saturated rings. The van der Waals surface area contributed by atoms with Crippen molar-refractivity contribution in [3.8, 4) is 0 Å². The zero-order valence-corrected chi connectivity index (χ0v) is 14.6. The molecule has 0 saturated heterocycles. The second-order valence-electron chi connectivity index (χ2n) is 7.26. The number of carbonyl (C=O) groups excluding carboxylic acids is 1. The SMILES string of the molecule is Cc1coc(CC(=O)O)c1C(=O)NC1(c2noc(C3CC3)n2)CCCC1. The summed E-state index contributed by atoms with van der Waals surface area (Å²) >= 11 is 0. The fraction of sp³-hybridized carbons (Fsp3) is 0.556. The van der Waals surface area contributed by atoms with Crippen molar-refractivity contribution in [3.05, 3.63) is 34.9 Å². The van der Waals surface area contributed by atoms with Crippen molar-refractivity contribution in [1.82, 2.24) is 15.5 Å². The van der Waals surface area contributed by atoms with Crippen LogP contribution in [0.25, 0.3) is 0 Å². The number of carboxylic acids is 1. The van der Waals surface area contributed by atoms with E-state index in [9.17, 15) is 9.59 Å². The summed E-state index contributed by atoms with van der Waals surface area (Å²) in [7, 11) is 0. The molecule has 0 atom stereocenters. The molecule has 0 unspecified atom stereocenters. The summed E-state index contributed by atoms with van der Waals surface area (Å²) < 4.78 is 10.7. The van der Waals surface area contributed by atoms with Gasteiger partial charge in [0.25, 0.3) is 5.91 Å². The van der Waals surface area contributed by atoms with Crippen molar-refractivity contribution in [2.24, 2.45) is 0 Å².